The van der Waals surface area contributed by atoms with Crippen molar-refractivity contribution in [3.63, 3.8) is 0 Å². The van der Waals surface area contributed by atoms with Gasteiger partial charge in [-0.15, -0.1) is 0 Å². The lowest BCUT2D eigenvalue weighted by Crippen LogP contribution is -2.47. The van der Waals surface area contributed by atoms with Gasteiger partial charge in [0.05, 0.1) is 18.0 Å². The Morgan fingerprint density at radius 3 is 2.58 bits per heavy atom. The van der Waals surface area contributed by atoms with Crippen LogP contribution in [0.2, 0.25) is 0 Å². The number of nitrogens with zero attached hydrogens (tertiary/aromatic N) is 5. The molecular weight excluding hydrogens is 566 g/mol. The van der Waals surface area contributed by atoms with E-state index in [2.05, 4.69) is 46.1 Å². The van der Waals surface area contributed by atoms with Crippen molar-refractivity contribution < 1.29 is 14.3 Å². The van der Waals surface area contributed by atoms with E-state index >= 15 is 0 Å². The van der Waals surface area contributed by atoms with Crippen molar-refractivity contribution in [2.24, 2.45) is 5.92 Å². The van der Waals surface area contributed by atoms with Crippen molar-refractivity contribution in [2.75, 3.05) is 45.2 Å². The number of carbonyl (C=O) groups is 2. The zero-order valence-electron chi connectivity index (χ0n) is 26.7. The number of piperazine rings is 1. The van der Waals surface area contributed by atoms with Gasteiger partial charge in [0.25, 0.3) is 5.91 Å². The summed E-state index contributed by atoms with van der Waals surface area (Å²) in [5.41, 5.74) is 3.69. The number of H-pyrrole nitrogens is 1. The number of ketones is 1. The molecule has 1 aromatic carbocycles. The number of unbranched alkanes of at least 4 members (excludes halogenated alkanes) is 2. The lowest BCUT2D eigenvalue weighted by molar-refractivity contribution is -0.123. The van der Waals surface area contributed by atoms with Crippen LogP contribution in [0.15, 0.2) is 54.9 Å². The quantitative estimate of drug-likeness (QED) is 0.147. The topological polar surface area (TPSA) is 116 Å². The van der Waals surface area contributed by atoms with E-state index in [4.69, 9.17) is 9.72 Å². The van der Waals surface area contributed by atoms with Crippen LogP contribution in [0.3, 0.4) is 0 Å². The molecule has 10 nitrogen and oxygen atoms in total. The molecule has 1 saturated heterocycles. The van der Waals surface area contributed by atoms with Crippen LogP contribution < -0.4 is 10.1 Å². The normalized spacial score (nSPS) is 14.4. The Morgan fingerprint density at radius 1 is 0.956 bits per heavy atom. The van der Waals surface area contributed by atoms with Gasteiger partial charge in [-0.1, -0.05) is 20.3 Å². The first kappa shape index (κ1) is 32.1. The number of ether oxygens (including phenoxy) is 1. The number of likely N-dealkylation sites (N-methyl/N-ethyl adjacent to an activating group) is 1. The number of hydrogen-bond donors (Lipinski definition) is 2. The molecule has 2 N–H and O–H groups in total. The first-order valence-electron chi connectivity index (χ1n) is 16.3. The summed E-state index contributed by atoms with van der Waals surface area (Å²) in [6, 6.07) is 13.3. The number of carbonyl (C=O) groups excluding carboxylic acids is 2. The van der Waals surface area contributed by atoms with E-state index in [1.165, 1.54) is 0 Å². The van der Waals surface area contributed by atoms with Gasteiger partial charge in [-0.25, -0.2) is 9.97 Å². The monoisotopic (exact) mass is 611 g/mol. The molecule has 5 rings (SSSR count). The molecule has 4 aromatic rings. The van der Waals surface area contributed by atoms with Crippen LogP contribution in [-0.2, 0) is 4.79 Å². The molecule has 10 heteroatoms. The first-order valence-corrected chi connectivity index (χ1v) is 16.3. The summed E-state index contributed by atoms with van der Waals surface area (Å²) in [6.07, 6.45) is 9.87. The van der Waals surface area contributed by atoms with E-state index in [1.807, 2.05) is 47.4 Å². The summed E-state index contributed by atoms with van der Waals surface area (Å²) in [6.45, 7) is 8.05. The molecule has 0 saturated carbocycles. The summed E-state index contributed by atoms with van der Waals surface area (Å²) in [7, 11) is 2.08. The fraction of sp³-hybridized carbons (Fsp3) is 0.457. The minimum absolute atomic E-state index is 0.0305. The van der Waals surface area contributed by atoms with Gasteiger partial charge >= 0.3 is 0 Å². The van der Waals surface area contributed by atoms with Crippen LogP contribution in [0.1, 0.15) is 69.3 Å². The Balaban J connectivity index is 1.16. The van der Waals surface area contributed by atoms with E-state index in [9.17, 15) is 9.59 Å². The van der Waals surface area contributed by atoms with E-state index in [0.717, 1.165) is 87.0 Å². The van der Waals surface area contributed by atoms with Crippen LogP contribution in [0.5, 0.6) is 5.75 Å². The van der Waals surface area contributed by atoms with Gasteiger partial charge in [-0.2, -0.15) is 0 Å². The number of nitrogens with one attached hydrogen (secondary N) is 2. The van der Waals surface area contributed by atoms with Gasteiger partial charge in [0.2, 0.25) is 5.95 Å². The maximum absolute atomic E-state index is 13.0. The molecule has 1 amide bonds. The first-order chi connectivity index (χ1) is 21.9. The Morgan fingerprint density at radius 2 is 1.78 bits per heavy atom. The summed E-state index contributed by atoms with van der Waals surface area (Å²) >= 11 is 0. The maximum atomic E-state index is 13.0. The summed E-state index contributed by atoms with van der Waals surface area (Å²) in [5, 5.41) is 4.23. The maximum Gasteiger partial charge on any atom is 0.270 e. The van der Waals surface area contributed by atoms with Crippen LogP contribution in [0.25, 0.3) is 22.3 Å². The number of amides is 1. The number of pyridine rings is 1. The lowest BCUT2D eigenvalue weighted by Gasteiger charge is -2.32. The molecule has 0 bridgehead atoms. The van der Waals surface area contributed by atoms with Gasteiger partial charge in [0.1, 0.15) is 17.2 Å². The molecule has 1 fully saturated rings. The third kappa shape index (κ3) is 8.66. The molecule has 0 spiro atoms. The molecule has 0 radical (unpaired) electrons. The summed E-state index contributed by atoms with van der Waals surface area (Å²) in [5.74, 6) is 1.79. The molecule has 1 unspecified atom stereocenters. The van der Waals surface area contributed by atoms with E-state index < -0.39 is 0 Å². The van der Waals surface area contributed by atoms with Crippen molar-refractivity contribution >= 4 is 34.2 Å². The third-order valence-corrected chi connectivity index (χ3v) is 8.49. The lowest BCUT2D eigenvalue weighted by atomic mass is 9.92. The Hall–Kier alpha value is -4.31. The second kappa shape index (κ2) is 15.6. The number of anilines is 2. The Bertz CT molecular complexity index is 1580. The van der Waals surface area contributed by atoms with Crippen LogP contribution in [0, 0.1) is 5.92 Å². The molecule has 3 aromatic heterocycles. The highest BCUT2D eigenvalue weighted by Gasteiger charge is 2.22. The van der Waals surface area contributed by atoms with Crippen LogP contribution >= 0.6 is 0 Å². The standard InChI is InChI=1S/C35H45N7O3/c1-4-6-10-33(43)25(5-2)9-7-8-21-45-28-13-15-36-31(24-28)30-14-16-37-35(40-30)38-27-11-12-29-26(22-27)23-32(39-29)34(44)42-19-17-41(3)18-20-42/h11-16,22-25,39H,4-10,17-21H2,1-3H3,(H,37,38,40). The van der Waals surface area contributed by atoms with Crippen LogP contribution in [-0.4, -0.2) is 81.3 Å². The predicted octanol–water partition coefficient (Wildman–Crippen LogP) is 6.49. The molecule has 45 heavy (non-hydrogen) atoms. The SMILES string of the molecule is CCCCC(=O)C(CC)CCCCOc1ccnc(-c2ccnc(Nc3ccc4[nH]c(C(=O)N5CCN(C)CC5)cc4c3)n2)c1. The largest absolute Gasteiger partial charge is 0.493 e. The minimum Gasteiger partial charge on any atom is -0.493 e. The van der Waals surface area contributed by atoms with Crippen molar-refractivity contribution in [3.8, 4) is 17.1 Å². The van der Waals surface area contributed by atoms with E-state index in [0.29, 0.717) is 41.8 Å². The average Bonchev–Trinajstić information content (AvgIpc) is 3.49. The second-order valence-electron chi connectivity index (χ2n) is 11.9. The minimum atomic E-state index is 0.0305. The third-order valence-electron chi connectivity index (χ3n) is 8.49. The van der Waals surface area contributed by atoms with E-state index in [-0.39, 0.29) is 11.8 Å². The second-order valence-corrected chi connectivity index (χ2v) is 11.9. The average molecular weight is 612 g/mol. The molecular formula is C35H45N7O3. The van der Waals surface area contributed by atoms with Crippen molar-refractivity contribution in [1.29, 1.82) is 0 Å². The van der Waals surface area contributed by atoms with Crippen molar-refractivity contribution in [1.82, 2.24) is 29.7 Å². The molecule has 4 heterocycles. The molecule has 238 valence electrons. The number of hydrogen-bond acceptors (Lipinski definition) is 8. The predicted molar refractivity (Wildman–Crippen MR) is 178 cm³/mol. The van der Waals surface area contributed by atoms with E-state index in [1.54, 1.807) is 12.4 Å². The number of benzene rings is 1. The summed E-state index contributed by atoms with van der Waals surface area (Å²) < 4.78 is 6.02. The number of Topliss-reactive ketones (excluding diaryl/α,β-unsaturated/α-hetero) is 1. The fourth-order valence-electron chi connectivity index (χ4n) is 5.67. The van der Waals surface area contributed by atoms with Gasteiger partial charge < -0.3 is 24.8 Å². The van der Waals surface area contributed by atoms with Crippen LogP contribution in [0.4, 0.5) is 11.6 Å². The number of aromatic amines is 1. The number of aromatic nitrogens is 4. The molecule has 1 atom stereocenters. The highest BCUT2D eigenvalue weighted by Crippen LogP contribution is 2.25. The number of rotatable bonds is 15. The number of fused-ring (bicyclic) bond motifs is 1. The molecule has 1 aliphatic rings. The highest BCUT2D eigenvalue weighted by atomic mass is 16.5. The Labute approximate surface area is 265 Å². The zero-order chi connectivity index (χ0) is 31.6. The highest BCUT2D eigenvalue weighted by molar-refractivity contribution is 5.98. The molecule has 1 aliphatic heterocycles. The molecule has 0 aliphatic carbocycles. The van der Waals surface area contributed by atoms with Crippen molar-refractivity contribution in [3.05, 3.63) is 60.6 Å². The van der Waals surface area contributed by atoms with Gasteiger partial charge in [0.15, 0.2) is 0 Å². The van der Waals surface area contributed by atoms with Gasteiger partial charge in [-0.05, 0) is 75.5 Å². The Kier molecular flexibility index (Phi) is 11.1. The zero-order valence-corrected chi connectivity index (χ0v) is 26.7. The van der Waals surface area contributed by atoms with Gasteiger partial charge in [0, 0.05) is 73.6 Å². The smallest absolute Gasteiger partial charge is 0.270 e. The van der Waals surface area contributed by atoms with Crippen molar-refractivity contribution in [2.45, 2.75) is 58.8 Å². The van der Waals surface area contributed by atoms with Gasteiger partial charge in [-0.3, -0.25) is 14.6 Å². The summed E-state index contributed by atoms with van der Waals surface area (Å²) in [4.78, 5) is 46.4. The fourth-order valence-corrected chi connectivity index (χ4v) is 5.67.